The lowest BCUT2D eigenvalue weighted by Crippen LogP contribution is -2.48. The van der Waals surface area contributed by atoms with Gasteiger partial charge >= 0.3 is 0 Å². The van der Waals surface area contributed by atoms with Crippen LogP contribution in [-0.4, -0.2) is 28.7 Å². The Bertz CT molecular complexity index is 1350. The van der Waals surface area contributed by atoms with E-state index in [1.807, 2.05) is 72.8 Å². The smallest absolute Gasteiger partial charge is 0.262 e. The number of benzene rings is 4. The van der Waals surface area contributed by atoms with Gasteiger partial charge in [0.15, 0.2) is 0 Å². The maximum Gasteiger partial charge on any atom is 0.262 e. The zero-order valence-corrected chi connectivity index (χ0v) is 19.2. The van der Waals surface area contributed by atoms with E-state index < -0.39 is 29.8 Å². The van der Waals surface area contributed by atoms with Crippen LogP contribution in [0, 0.1) is 0 Å². The first-order valence-electron chi connectivity index (χ1n) is 11.5. The maximum absolute atomic E-state index is 13.4. The van der Waals surface area contributed by atoms with Crippen molar-refractivity contribution in [1.82, 2.24) is 10.2 Å². The van der Waals surface area contributed by atoms with Crippen molar-refractivity contribution >= 4 is 17.7 Å². The topological polar surface area (TPSA) is 66.5 Å². The van der Waals surface area contributed by atoms with Crippen LogP contribution in [0.2, 0.25) is 0 Å². The van der Waals surface area contributed by atoms with Crippen LogP contribution in [0.25, 0.3) is 11.1 Å². The van der Waals surface area contributed by atoms with E-state index in [0.717, 1.165) is 27.2 Å². The Balaban J connectivity index is 1.41. The summed E-state index contributed by atoms with van der Waals surface area (Å²) in [5, 5.41) is 3.07. The summed E-state index contributed by atoms with van der Waals surface area (Å²) in [7, 11) is 0. The average molecular weight is 461 g/mol. The van der Waals surface area contributed by atoms with Gasteiger partial charge in [-0.15, -0.1) is 0 Å². The van der Waals surface area contributed by atoms with Crippen LogP contribution in [0.1, 0.15) is 44.8 Å². The zero-order valence-electron chi connectivity index (χ0n) is 19.2. The molecule has 0 bridgehead atoms. The molecule has 35 heavy (non-hydrogen) atoms. The van der Waals surface area contributed by atoms with E-state index in [-0.39, 0.29) is 0 Å². The lowest BCUT2D eigenvalue weighted by Gasteiger charge is -2.26. The fourth-order valence-electron chi connectivity index (χ4n) is 4.44. The Morgan fingerprint density at radius 3 is 1.66 bits per heavy atom. The molecule has 0 spiro atoms. The Labute approximate surface area is 204 Å². The number of nitrogens with one attached hydrogen (secondary N) is 1. The number of carbonyl (C=O) groups excluding carboxylic acids is 3. The van der Waals surface area contributed by atoms with Crippen LogP contribution < -0.4 is 5.32 Å². The first-order valence-corrected chi connectivity index (χ1v) is 11.5. The van der Waals surface area contributed by atoms with E-state index in [0.29, 0.717) is 11.1 Å². The summed E-state index contributed by atoms with van der Waals surface area (Å²) in [4.78, 5) is 40.2. The van der Waals surface area contributed by atoms with Gasteiger partial charge in [-0.25, -0.2) is 0 Å². The van der Waals surface area contributed by atoms with Gasteiger partial charge in [-0.2, -0.15) is 0 Å². The van der Waals surface area contributed by atoms with Crippen molar-refractivity contribution in [3.05, 3.63) is 131 Å². The van der Waals surface area contributed by atoms with Crippen LogP contribution in [0.15, 0.2) is 109 Å². The van der Waals surface area contributed by atoms with Gasteiger partial charge in [0.25, 0.3) is 11.8 Å². The Kier molecular flexibility index (Phi) is 5.98. The quantitative estimate of drug-likeness (QED) is 0.400. The summed E-state index contributed by atoms with van der Waals surface area (Å²) in [6.07, 6.45) is 0. The highest BCUT2D eigenvalue weighted by Crippen LogP contribution is 2.28. The molecule has 1 aliphatic rings. The predicted molar refractivity (Wildman–Crippen MR) is 135 cm³/mol. The molecule has 172 valence electrons. The largest absolute Gasteiger partial charge is 0.343 e. The number of fused-ring (bicyclic) bond motifs is 1. The van der Waals surface area contributed by atoms with Gasteiger partial charge in [0, 0.05) is 0 Å². The first kappa shape index (κ1) is 22.3. The van der Waals surface area contributed by atoms with Crippen molar-refractivity contribution in [1.29, 1.82) is 0 Å². The van der Waals surface area contributed by atoms with E-state index in [1.165, 1.54) is 0 Å². The molecule has 0 radical (unpaired) electrons. The van der Waals surface area contributed by atoms with E-state index in [9.17, 15) is 14.4 Å². The monoisotopic (exact) mass is 460 g/mol. The van der Waals surface area contributed by atoms with Gasteiger partial charge in [-0.3, -0.25) is 19.3 Å². The highest BCUT2D eigenvalue weighted by Gasteiger charge is 2.41. The molecule has 0 unspecified atom stereocenters. The minimum atomic E-state index is -0.961. The molecule has 2 atom stereocenters. The third-order valence-electron chi connectivity index (χ3n) is 6.36. The van der Waals surface area contributed by atoms with Crippen LogP contribution in [-0.2, 0) is 4.79 Å². The van der Waals surface area contributed by atoms with Crippen LogP contribution in [0.3, 0.4) is 0 Å². The zero-order chi connectivity index (χ0) is 24.4. The van der Waals surface area contributed by atoms with Crippen molar-refractivity contribution in [2.75, 3.05) is 0 Å². The van der Waals surface area contributed by atoms with Gasteiger partial charge in [0.2, 0.25) is 5.91 Å². The van der Waals surface area contributed by atoms with E-state index >= 15 is 0 Å². The Morgan fingerprint density at radius 2 is 1.09 bits per heavy atom. The minimum absolute atomic E-state index is 0.327. The van der Waals surface area contributed by atoms with Crippen molar-refractivity contribution < 1.29 is 14.4 Å². The number of amides is 3. The number of hydrogen-bond donors (Lipinski definition) is 1. The molecular weight excluding hydrogens is 436 g/mol. The SMILES string of the molecule is C[C@H](C(=O)N[C@@H](c1ccccc1)c1ccc(-c2ccccc2)cc1)N1C(=O)c2ccccc2C1=O. The first-order chi connectivity index (χ1) is 17.0. The van der Waals surface area contributed by atoms with Crippen LogP contribution in [0.5, 0.6) is 0 Å². The molecule has 5 rings (SSSR count). The summed E-state index contributed by atoms with van der Waals surface area (Å²) in [6, 6.07) is 33.0. The fraction of sp³-hybridized carbons (Fsp3) is 0.100. The number of hydrogen-bond acceptors (Lipinski definition) is 3. The molecule has 0 saturated carbocycles. The van der Waals surface area contributed by atoms with Crippen molar-refractivity contribution in [3.63, 3.8) is 0 Å². The van der Waals surface area contributed by atoms with Gasteiger partial charge in [-0.1, -0.05) is 97.1 Å². The van der Waals surface area contributed by atoms with E-state index in [1.54, 1.807) is 31.2 Å². The van der Waals surface area contributed by atoms with Gasteiger partial charge in [-0.05, 0) is 41.3 Å². The Morgan fingerprint density at radius 1 is 0.629 bits per heavy atom. The van der Waals surface area contributed by atoms with Crippen LogP contribution in [0.4, 0.5) is 0 Å². The molecule has 1 N–H and O–H groups in total. The summed E-state index contributed by atoms with van der Waals surface area (Å²) in [5.41, 5.74) is 4.65. The Hall–Kier alpha value is -4.51. The molecule has 1 aliphatic heterocycles. The summed E-state index contributed by atoms with van der Waals surface area (Å²) in [5.74, 6) is -1.30. The molecule has 0 saturated heterocycles. The van der Waals surface area contributed by atoms with Gasteiger partial charge in [0.1, 0.15) is 6.04 Å². The molecule has 1 heterocycles. The van der Waals surface area contributed by atoms with Crippen molar-refractivity contribution in [2.24, 2.45) is 0 Å². The number of rotatable bonds is 6. The molecular formula is C30H24N2O3. The minimum Gasteiger partial charge on any atom is -0.343 e. The standard InChI is InChI=1S/C30H24N2O3/c1-20(32-29(34)25-14-8-9-15-26(25)30(32)35)28(33)31-27(23-12-6-3-7-13-23)24-18-16-22(17-19-24)21-10-4-2-5-11-21/h2-20,27H,1H3,(H,31,33)/t20-,27+/m1/s1. The lowest BCUT2D eigenvalue weighted by atomic mass is 9.96. The van der Waals surface area contributed by atoms with Crippen molar-refractivity contribution in [3.8, 4) is 11.1 Å². The highest BCUT2D eigenvalue weighted by atomic mass is 16.2. The lowest BCUT2D eigenvalue weighted by molar-refractivity contribution is -0.125. The second-order valence-electron chi connectivity index (χ2n) is 8.54. The van der Waals surface area contributed by atoms with Gasteiger partial charge in [0.05, 0.1) is 17.2 Å². The molecule has 4 aromatic rings. The molecule has 5 heteroatoms. The molecule has 0 aromatic heterocycles. The highest BCUT2D eigenvalue weighted by molar-refractivity contribution is 6.22. The fourth-order valence-corrected chi connectivity index (χ4v) is 4.44. The number of nitrogens with zero attached hydrogens (tertiary/aromatic N) is 1. The third-order valence-corrected chi connectivity index (χ3v) is 6.36. The number of imide groups is 1. The maximum atomic E-state index is 13.4. The van der Waals surface area contributed by atoms with Crippen LogP contribution >= 0.6 is 0 Å². The molecule has 0 aliphatic carbocycles. The second kappa shape index (κ2) is 9.39. The third kappa shape index (κ3) is 4.24. The molecule has 0 fully saturated rings. The van der Waals surface area contributed by atoms with Crippen molar-refractivity contribution in [2.45, 2.75) is 19.0 Å². The average Bonchev–Trinajstić information content (AvgIpc) is 3.17. The summed E-state index contributed by atoms with van der Waals surface area (Å²) < 4.78 is 0. The van der Waals surface area contributed by atoms with E-state index in [2.05, 4.69) is 17.4 Å². The molecule has 5 nitrogen and oxygen atoms in total. The molecule has 3 amide bonds. The second-order valence-corrected chi connectivity index (χ2v) is 8.54. The summed E-state index contributed by atoms with van der Waals surface area (Å²) in [6.45, 7) is 1.58. The van der Waals surface area contributed by atoms with Gasteiger partial charge < -0.3 is 5.32 Å². The summed E-state index contributed by atoms with van der Waals surface area (Å²) >= 11 is 0. The van der Waals surface area contributed by atoms with E-state index in [4.69, 9.17) is 0 Å². The predicted octanol–water partition coefficient (Wildman–Crippen LogP) is 5.24. The normalized spacial score (nSPS) is 14.4. The number of carbonyl (C=O) groups is 3. The molecule has 4 aromatic carbocycles.